The average molecular weight is 361 g/mol. The first-order valence-corrected chi connectivity index (χ1v) is 8.40. The van der Waals surface area contributed by atoms with Crippen LogP contribution in [-0.2, 0) is 4.79 Å². The van der Waals surface area contributed by atoms with E-state index in [0.717, 1.165) is 5.75 Å². The van der Waals surface area contributed by atoms with Crippen LogP contribution in [0.3, 0.4) is 0 Å². The molecule has 1 aliphatic rings. The molecule has 1 saturated heterocycles. The lowest BCUT2D eigenvalue weighted by Gasteiger charge is -2.35. The SMILES string of the molecule is CC.COc1cc(OC)cc(N2CC(O)C2=O)c1.COc1ccccc1. The Kier molecular flexibility index (Phi) is 9.01. The first kappa shape index (κ1) is 21.3. The first-order chi connectivity index (χ1) is 12.6. The molecule has 2 aromatic carbocycles. The van der Waals surface area contributed by atoms with Crippen molar-refractivity contribution in [3.63, 3.8) is 0 Å². The lowest BCUT2D eigenvalue weighted by molar-refractivity contribution is -0.132. The number of anilines is 1. The number of nitrogens with zero attached hydrogens (tertiary/aromatic N) is 1. The van der Waals surface area contributed by atoms with Crippen LogP contribution in [0.15, 0.2) is 48.5 Å². The smallest absolute Gasteiger partial charge is 0.257 e. The van der Waals surface area contributed by atoms with Crippen molar-refractivity contribution >= 4 is 11.6 Å². The van der Waals surface area contributed by atoms with E-state index in [9.17, 15) is 4.79 Å². The molecule has 1 atom stereocenters. The standard InChI is InChI=1S/C11H13NO4.C7H8O.C2H6/c1-15-8-3-7(4-9(5-8)16-2)12-6-10(13)11(12)14;1-8-7-5-3-2-4-6-7;1-2/h3-5,10,13H,6H2,1-2H3;2-6H,1H3;1-2H3. The third kappa shape index (κ3) is 5.67. The molecule has 6 nitrogen and oxygen atoms in total. The number of β-amino-alcohol motifs (C(OH)–C–C–N with tert-alkyl or cyclic N) is 1. The average Bonchev–Trinajstić information content (AvgIpc) is 2.73. The second kappa shape index (κ2) is 11.0. The number of hydrogen-bond acceptors (Lipinski definition) is 5. The predicted octanol–water partition coefficient (Wildman–Crippen LogP) is 3.13. The number of methoxy groups -OCH3 is 3. The summed E-state index contributed by atoms with van der Waals surface area (Å²) >= 11 is 0. The minimum Gasteiger partial charge on any atom is -0.497 e. The zero-order valence-corrected chi connectivity index (χ0v) is 15.9. The minimum atomic E-state index is -0.878. The molecule has 0 aromatic heterocycles. The second-order valence-corrected chi connectivity index (χ2v) is 5.05. The Morgan fingerprint density at radius 2 is 1.38 bits per heavy atom. The molecule has 0 spiro atoms. The number of aliphatic hydroxyl groups is 1. The number of benzene rings is 2. The molecule has 0 bridgehead atoms. The maximum atomic E-state index is 11.4. The molecule has 2 aromatic rings. The van der Waals surface area contributed by atoms with Gasteiger partial charge in [-0.2, -0.15) is 0 Å². The molecule has 1 N–H and O–H groups in total. The number of hydrogen-bond donors (Lipinski definition) is 1. The Labute approximate surface area is 154 Å². The highest BCUT2D eigenvalue weighted by molar-refractivity contribution is 6.03. The number of para-hydroxylation sites is 1. The van der Waals surface area contributed by atoms with Crippen molar-refractivity contribution in [2.24, 2.45) is 0 Å². The summed E-state index contributed by atoms with van der Waals surface area (Å²) < 4.78 is 15.1. The molecule has 1 fully saturated rings. The lowest BCUT2D eigenvalue weighted by atomic mass is 10.1. The highest BCUT2D eigenvalue weighted by Crippen LogP contribution is 2.31. The van der Waals surface area contributed by atoms with Gasteiger partial charge in [0.2, 0.25) is 0 Å². The van der Waals surface area contributed by atoms with E-state index in [1.54, 1.807) is 39.5 Å². The van der Waals surface area contributed by atoms with Crippen molar-refractivity contribution in [3.05, 3.63) is 48.5 Å². The zero-order chi connectivity index (χ0) is 19.5. The van der Waals surface area contributed by atoms with Gasteiger partial charge in [-0.1, -0.05) is 32.0 Å². The van der Waals surface area contributed by atoms with Crippen molar-refractivity contribution in [3.8, 4) is 17.2 Å². The number of amides is 1. The summed E-state index contributed by atoms with van der Waals surface area (Å²) in [5.41, 5.74) is 0.673. The monoisotopic (exact) mass is 361 g/mol. The molecule has 0 radical (unpaired) electrons. The molecule has 6 heteroatoms. The third-order valence-corrected chi connectivity index (χ3v) is 3.53. The summed E-state index contributed by atoms with van der Waals surface area (Å²) in [6.45, 7) is 4.31. The Balaban J connectivity index is 0.000000284. The molecule has 1 aliphatic heterocycles. The van der Waals surface area contributed by atoms with Gasteiger partial charge in [-0.15, -0.1) is 0 Å². The highest BCUT2D eigenvalue weighted by Gasteiger charge is 2.36. The van der Waals surface area contributed by atoms with Gasteiger partial charge < -0.3 is 24.2 Å². The molecule has 1 unspecified atom stereocenters. The van der Waals surface area contributed by atoms with Crippen LogP contribution in [0.4, 0.5) is 5.69 Å². The molecule has 26 heavy (non-hydrogen) atoms. The molecule has 0 saturated carbocycles. The van der Waals surface area contributed by atoms with Crippen LogP contribution in [0.1, 0.15) is 13.8 Å². The van der Waals surface area contributed by atoms with Crippen LogP contribution in [0.5, 0.6) is 17.2 Å². The number of carbonyl (C=O) groups excluding carboxylic acids is 1. The van der Waals surface area contributed by atoms with E-state index in [4.69, 9.17) is 19.3 Å². The van der Waals surface area contributed by atoms with E-state index >= 15 is 0 Å². The van der Waals surface area contributed by atoms with E-state index in [0.29, 0.717) is 23.7 Å². The van der Waals surface area contributed by atoms with E-state index < -0.39 is 6.10 Å². The van der Waals surface area contributed by atoms with Gasteiger partial charge in [0.15, 0.2) is 6.10 Å². The van der Waals surface area contributed by atoms with E-state index in [1.165, 1.54) is 4.90 Å². The zero-order valence-electron chi connectivity index (χ0n) is 15.9. The van der Waals surface area contributed by atoms with Crippen molar-refractivity contribution in [1.82, 2.24) is 0 Å². The summed E-state index contributed by atoms with van der Waals surface area (Å²) in [6, 6.07) is 14.9. The van der Waals surface area contributed by atoms with Gasteiger partial charge in [0.25, 0.3) is 5.91 Å². The molecular formula is C20H27NO5. The highest BCUT2D eigenvalue weighted by atomic mass is 16.5. The van der Waals surface area contributed by atoms with Gasteiger partial charge in [-0.3, -0.25) is 4.79 Å². The fraction of sp³-hybridized carbons (Fsp3) is 0.350. The summed E-state index contributed by atoms with van der Waals surface area (Å²) in [5, 5.41) is 9.15. The second-order valence-electron chi connectivity index (χ2n) is 5.05. The van der Waals surface area contributed by atoms with Crippen molar-refractivity contribution in [1.29, 1.82) is 0 Å². The largest absolute Gasteiger partial charge is 0.497 e. The summed E-state index contributed by atoms with van der Waals surface area (Å²) in [6.07, 6.45) is -0.878. The predicted molar refractivity (Wildman–Crippen MR) is 102 cm³/mol. The number of carbonyl (C=O) groups is 1. The van der Waals surface area contributed by atoms with Gasteiger partial charge in [0.1, 0.15) is 17.2 Å². The number of rotatable bonds is 4. The Bertz CT molecular complexity index is 653. The minimum absolute atomic E-state index is 0.296. The van der Waals surface area contributed by atoms with Gasteiger partial charge in [-0.05, 0) is 12.1 Å². The summed E-state index contributed by atoms with van der Waals surface area (Å²) in [7, 11) is 4.76. The van der Waals surface area contributed by atoms with E-state index in [2.05, 4.69) is 0 Å². The lowest BCUT2D eigenvalue weighted by Crippen LogP contribution is -2.56. The van der Waals surface area contributed by atoms with Crippen LogP contribution >= 0.6 is 0 Å². The molecule has 142 valence electrons. The quantitative estimate of drug-likeness (QED) is 0.848. The van der Waals surface area contributed by atoms with E-state index in [-0.39, 0.29) is 5.91 Å². The Morgan fingerprint density at radius 1 is 0.885 bits per heavy atom. The molecule has 3 rings (SSSR count). The maximum absolute atomic E-state index is 11.4. The Hall–Kier alpha value is -2.73. The third-order valence-electron chi connectivity index (χ3n) is 3.53. The van der Waals surface area contributed by atoms with E-state index in [1.807, 2.05) is 44.2 Å². The van der Waals surface area contributed by atoms with Crippen molar-refractivity contribution in [2.75, 3.05) is 32.8 Å². The van der Waals surface area contributed by atoms with Crippen molar-refractivity contribution in [2.45, 2.75) is 20.0 Å². The topological polar surface area (TPSA) is 68.2 Å². The van der Waals surface area contributed by atoms with Gasteiger partial charge >= 0.3 is 0 Å². The van der Waals surface area contributed by atoms with Crippen LogP contribution < -0.4 is 19.1 Å². The van der Waals surface area contributed by atoms with Gasteiger partial charge in [0, 0.05) is 18.2 Å². The van der Waals surface area contributed by atoms with Crippen LogP contribution in [0.2, 0.25) is 0 Å². The van der Waals surface area contributed by atoms with Gasteiger partial charge in [-0.25, -0.2) is 0 Å². The molecule has 1 amide bonds. The fourth-order valence-corrected chi connectivity index (χ4v) is 2.15. The fourth-order valence-electron chi connectivity index (χ4n) is 2.15. The number of ether oxygens (including phenoxy) is 3. The van der Waals surface area contributed by atoms with Gasteiger partial charge in [0.05, 0.1) is 33.6 Å². The first-order valence-electron chi connectivity index (χ1n) is 8.40. The molecular weight excluding hydrogens is 334 g/mol. The molecule has 0 aliphatic carbocycles. The number of β-lactam (4-membered cyclic amide) rings is 1. The van der Waals surface area contributed by atoms with Crippen molar-refractivity contribution < 1.29 is 24.1 Å². The maximum Gasteiger partial charge on any atom is 0.257 e. The molecule has 1 heterocycles. The summed E-state index contributed by atoms with van der Waals surface area (Å²) in [4.78, 5) is 12.8. The van der Waals surface area contributed by atoms with Crippen LogP contribution in [0.25, 0.3) is 0 Å². The van der Waals surface area contributed by atoms with Crippen LogP contribution in [0, 0.1) is 0 Å². The normalized spacial score (nSPS) is 14.8. The Morgan fingerprint density at radius 3 is 1.73 bits per heavy atom. The van der Waals surface area contributed by atoms with Crippen LogP contribution in [-0.4, -0.2) is 45.0 Å². The summed E-state index contributed by atoms with van der Waals surface area (Å²) in [5.74, 6) is 1.84. The number of aliphatic hydroxyl groups excluding tert-OH is 1.